The zero-order valence-electron chi connectivity index (χ0n) is 16.6. The summed E-state index contributed by atoms with van der Waals surface area (Å²) in [4.78, 5) is 38.3. The first-order valence-electron chi connectivity index (χ1n) is 9.90. The predicted molar refractivity (Wildman–Crippen MR) is 115 cm³/mol. The fraction of sp³-hybridized carbons (Fsp3) is 0.409. The number of benzene rings is 1. The van der Waals surface area contributed by atoms with Crippen LogP contribution in [0.1, 0.15) is 60.7 Å². The molecule has 0 radical (unpaired) electrons. The van der Waals surface area contributed by atoms with Crippen LogP contribution in [0.15, 0.2) is 36.4 Å². The third kappa shape index (κ3) is 5.03. The lowest BCUT2D eigenvalue weighted by Gasteiger charge is -2.27. The van der Waals surface area contributed by atoms with Crippen LogP contribution in [0.3, 0.4) is 0 Å². The number of carboxylic acids is 1. The lowest BCUT2D eigenvalue weighted by Crippen LogP contribution is -2.36. The molecule has 1 aromatic heterocycles. The molecule has 3 N–H and O–H groups in total. The molecule has 1 fully saturated rings. The fourth-order valence-electron chi connectivity index (χ4n) is 3.62. The van der Waals surface area contributed by atoms with Gasteiger partial charge in [-0.3, -0.25) is 14.4 Å². The van der Waals surface area contributed by atoms with E-state index in [1.165, 1.54) is 11.3 Å². The van der Waals surface area contributed by atoms with Crippen LogP contribution in [0, 0.1) is 11.8 Å². The highest BCUT2D eigenvalue weighted by Gasteiger charge is 2.36. The van der Waals surface area contributed by atoms with Crippen molar-refractivity contribution in [3.05, 3.63) is 46.8 Å². The first kappa shape index (κ1) is 21.0. The lowest BCUT2D eigenvalue weighted by molar-refractivity contribution is -0.147. The standard InChI is InChI=1S/C22H26N2O4S/c1-13(2)18-12-17(20(26)23-14-8-4-3-5-9-14)21(29-18)24-19(25)15-10-6-7-11-16(15)22(27)28/h3-5,8-9,12-13,15-16H,6-7,10-11H2,1-2H3,(H,23,26)(H,24,25)(H,27,28)/t15-,16-/m1/s1. The molecule has 29 heavy (non-hydrogen) atoms. The summed E-state index contributed by atoms with van der Waals surface area (Å²) in [7, 11) is 0. The van der Waals surface area contributed by atoms with Crippen LogP contribution >= 0.6 is 11.3 Å². The van der Waals surface area contributed by atoms with Crippen molar-refractivity contribution in [2.75, 3.05) is 10.6 Å². The van der Waals surface area contributed by atoms with Crippen LogP contribution in [0.25, 0.3) is 0 Å². The minimum atomic E-state index is -0.930. The minimum absolute atomic E-state index is 0.204. The number of thiophene rings is 1. The molecule has 0 spiro atoms. The average molecular weight is 415 g/mol. The number of amides is 2. The van der Waals surface area contributed by atoms with Gasteiger partial charge in [0.25, 0.3) is 5.91 Å². The van der Waals surface area contributed by atoms with E-state index in [2.05, 4.69) is 10.6 Å². The largest absolute Gasteiger partial charge is 0.481 e. The molecule has 1 saturated carbocycles. The van der Waals surface area contributed by atoms with Crippen molar-refractivity contribution in [1.29, 1.82) is 0 Å². The molecule has 0 bridgehead atoms. The maximum Gasteiger partial charge on any atom is 0.307 e. The second kappa shape index (κ2) is 9.22. The molecule has 0 unspecified atom stereocenters. The van der Waals surface area contributed by atoms with Gasteiger partial charge < -0.3 is 15.7 Å². The summed E-state index contributed by atoms with van der Waals surface area (Å²) < 4.78 is 0. The van der Waals surface area contributed by atoms with Gasteiger partial charge >= 0.3 is 5.97 Å². The van der Waals surface area contributed by atoms with Gasteiger partial charge in [0.05, 0.1) is 17.4 Å². The second-order valence-corrected chi connectivity index (χ2v) is 8.78. The number of carbonyl (C=O) groups is 3. The van der Waals surface area contributed by atoms with E-state index in [0.29, 0.717) is 29.1 Å². The number of anilines is 2. The molecule has 1 aliphatic carbocycles. The number of aliphatic carboxylic acids is 1. The van der Waals surface area contributed by atoms with E-state index in [0.717, 1.165) is 17.7 Å². The van der Waals surface area contributed by atoms with Crippen molar-refractivity contribution in [1.82, 2.24) is 0 Å². The normalized spacial score (nSPS) is 19.0. The summed E-state index contributed by atoms with van der Waals surface area (Å²) >= 11 is 1.37. The molecular weight excluding hydrogens is 388 g/mol. The quantitative estimate of drug-likeness (QED) is 0.623. The molecular formula is C22H26N2O4S. The van der Waals surface area contributed by atoms with E-state index in [4.69, 9.17) is 0 Å². The molecule has 1 heterocycles. The van der Waals surface area contributed by atoms with Crippen LogP contribution in [0.4, 0.5) is 10.7 Å². The zero-order valence-corrected chi connectivity index (χ0v) is 17.4. The molecule has 7 heteroatoms. The van der Waals surface area contributed by atoms with E-state index in [-0.39, 0.29) is 17.7 Å². The van der Waals surface area contributed by atoms with Gasteiger partial charge in [-0.2, -0.15) is 0 Å². The number of carboxylic acid groups (broad SMARTS) is 1. The highest BCUT2D eigenvalue weighted by molar-refractivity contribution is 7.16. The van der Waals surface area contributed by atoms with Crippen molar-refractivity contribution in [3.63, 3.8) is 0 Å². The minimum Gasteiger partial charge on any atom is -0.481 e. The highest BCUT2D eigenvalue weighted by atomic mass is 32.1. The Balaban J connectivity index is 1.83. The SMILES string of the molecule is CC(C)c1cc(C(=O)Nc2ccccc2)c(NC(=O)[C@@H]2CCCC[C@H]2C(=O)O)s1. The molecule has 2 amide bonds. The summed E-state index contributed by atoms with van der Waals surface area (Å²) in [5.74, 6) is -2.59. The van der Waals surface area contributed by atoms with Crippen molar-refractivity contribution >= 4 is 39.8 Å². The molecule has 6 nitrogen and oxygen atoms in total. The zero-order chi connectivity index (χ0) is 21.0. The van der Waals surface area contributed by atoms with E-state index >= 15 is 0 Å². The van der Waals surface area contributed by atoms with Crippen molar-refractivity contribution in [2.45, 2.75) is 45.4 Å². The topological polar surface area (TPSA) is 95.5 Å². The maximum absolute atomic E-state index is 12.9. The summed E-state index contributed by atoms with van der Waals surface area (Å²) in [6.07, 6.45) is 2.72. The molecule has 154 valence electrons. The van der Waals surface area contributed by atoms with E-state index in [1.807, 2.05) is 32.0 Å². The first-order valence-corrected chi connectivity index (χ1v) is 10.7. The Kier molecular flexibility index (Phi) is 6.69. The molecule has 2 aromatic rings. The first-order chi connectivity index (χ1) is 13.9. The van der Waals surface area contributed by atoms with E-state index in [9.17, 15) is 19.5 Å². The summed E-state index contributed by atoms with van der Waals surface area (Å²) in [6, 6.07) is 10.9. The average Bonchev–Trinajstić information content (AvgIpc) is 3.13. The monoisotopic (exact) mass is 414 g/mol. The van der Waals surface area contributed by atoms with Crippen LogP contribution in [0.5, 0.6) is 0 Å². The van der Waals surface area contributed by atoms with Crippen LogP contribution in [-0.4, -0.2) is 22.9 Å². The predicted octanol–water partition coefficient (Wildman–Crippen LogP) is 4.95. The number of carbonyl (C=O) groups excluding carboxylic acids is 2. The van der Waals surface area contributed by atoms with Gasteiger partial charge in [-0.1, -0.05) is 44.9 Å². The molecule has 1 aromatic carbocycles. The number of rotatable bonds is 6. The van der Waals surface area contributed by atoms with Gasteiger partial charge in [-0.15, -0.1) is 11.3 Å². The Morgan fingerprint density at radius 3 is 2.31 bits per heavy atom. The van der Waals surface area contributed by atoms with Crippen molar-refractivity contribution in [3.8, 4) is 0 Å². The summed E-state index contributed by atoms with van der Waals surface area (Å²) in [5.41, 5.74) is 1.07. The number of hydrogen-bond donors (Lipinski definition) is 3. The second-order valence-electron chi connectivity index (χ2n) is 7.69. The van der Waals surface area contributed by atoms with Gasteiger partial charge in [0.15, 0.2) is 0 Å². The Hall–Kier alpha value is -2.67. The number of nitrogens with one attached hydrogen (secondary N) is 2. The fourth-order valence-corrected chi connectivity index (χ4v) is 4.68. The Morgan fingerprint density at radius 1 is 1.03 bits per heavy atom. The third-order valence-corrected chi connectivity index (χ3v) is 6.60. The van der Waals surface area contributed by atoms with Crippen LogP contribution < -0.4 is 10.6 Å². The summed E-state index contributed by atoms with van der Waals surface area (Å²) in [5, 5.41) is 15.7. The van der Waals surface area contributed by atoms with Gasteiger partial charge in [-0.05, 0) is 37.0 Å². The van der Waals surface area contributed by atoms with Gasteiger partial charge in [0.1, 0.15) is 5.00 Å². The lowest BCUT2D eigenvalue weighted by atomic mass is 9.79. The van der Waals surface area contributed by atoms with Crippen LogP contribution in [0.2, 0.25) is 0 Å². The van der Waals surface area contributed by atoms with Gasteiger partial charge in [-0.25, -0.2) is 0 Å². The highest BCUT2D eigenvalue weighted by Crippen LogP contribution is 2.36. The Bertz CT molecular complexity index is 891. The molecule has 2 atom stereocenters. The Labute approximate surface area is 174 Å². The van der Waals surface area contributed by atoms with Gasteiger partial charge in [0.2, 0.25) is 5.91 Å². The smallest absolute Gasteiger partial charge is 0.307 e. The van der Waals surface area contributed by atoms with E-state index in [1.54, 1.807) is 18.2 Å². The van der Waals surface area contributed by atoms with Crippen molar-refractivity contribution < 1.29 is 19.5 Å². The molecule has 1 aliphatic rings. The van der Waals surface area contributed by atoms with Crippen molar-refractivity contribution in [2.24, 2.45) is 11.8 Å². The summed E-state index contributed by atoms with van der Waals surface area (Å²) in [6.45, 7) is 4.05. The van der Waals surface area contributed by atoms with Crippen LogP contribution in [-0.2, 0) is 9.59 Å². The van der Waals surface area contributed by atoms with Gasteiger partial charge in [0, 0.05) is 10.6 Å². The molecule has 0 saturated heterocycles. The number of hydrogen-bond acceptors (Lipinski definition) is 4. The maximum atomic E-state index is 12.9. The molecule has 0 aliphatic heterocycles. The van der Waals surface area contributed by atoms with E-state index < -0.39 is 17.8 Å². The number of para-hydroxylation sites is 1. The Morgan fingerprint density at radius 2 is 1.69 bits per heavy atom. The molecule has 3 rings (SSSR count). The third-order valence-electron chi connectivity index (χ3n) is 5.25.